The molecule has 2 aliphatic heterocycles. The minimum Gasteiger partial charge on any atom is -0.366 e. The minimum atomic E-state index is -4.88. The number of aliphatic hydroxyl groups is 1. The van der Waals surface area contributed by atoms with Crippen LogP contribution in [0.4, 0.5) is 0 Å². The first kappa shape index (κ1) is 26.7. The van der Waals surface area contributed by atoms with E-state index in [1.807, 2.05) is 0 Å². The number of ether oxygens (including phenoxy) is 3. The smallest absolute Gasteiger partial charge is 0.366 e. The van der Waals surface area contributed by atoms with Crippen LogP contribution in [0.15, 0.2) is 0 Å². The van der Waals surface area contributed by atoms with Crippen molar-refractivity contribution in [2.75, 3.05) is 13.2 Å². The Labute approximate surface area is 178 Å². The van der Waals surface area contributed by atoms with Gasteiger partial charge in [0.1, 0.15) is 12.2 Å². The molecule has 0 aromatic rings. The number of hydrogen-bond donors (Lipinski definition) is 4. The summed E-state index contributed by atoms with van der Waals surface area (Å²) < 4.78 is 120. The lowest BCUT2D eigenvalue weighted by molar-refractivity contribution is -0.267. The molecule has 4 N–H and O–H groups in total. The molecule has 0 aliphatic carbocycles. The summed E-state index contributed by atoms with van der Waals surface area (Å²) in [6, 6.07) is 0. The molecular weight excluding hydrogens is 496 g/mol. The zero-order valence-corrected chi connectivity index (χ0v) is 18.1. The number of hydrogen-bond acceptors (Lipinski definition) is 13. The van der Waals surface area contributed by atoms with Crippen LogP contribution in [0.25, 0.3) is 0 Å². The summed E-state index contributed by atoms with van der Waals surface area (Å²) in [6.45, 7) is -0.928. The lowest BCUT2D eigenvalue weighted by Gasteiger charge is -2.37. The first-order valence-electron chi connectivity index (χ1n) is 8.65. The SMILES string of the molecule is O=S(=O)(O)OCC1CCC(OS(=O)(=O)O)[C@@H](OCC2CCC(OS(=O)(=O)O)[C@@H](O)O2)O1. The van der Waals surface area contributed by atoms with Crippen molar-refractivity contribution in [3.8, 4) is 0 Å². The summed E-state index contributed by atoms with van der Waals surface area (Å²) in [5.41, 5.74) is 0. The highest BCUT2D eigenvalue weighted by Crippen LogP contribution is 2.27. The Morgan fingerprint density at radius 2 is 1.23 bits per heavy atom. The third kappa shape index (κ3) is 10.3. The molecular formula is C12H22O16S3. The van der Waals surface area contributed by atoms with Crippen LogP contribution in [-0.2, 0) is 58.0 Å². The van der Waals surface area contributed by atoms with E-state index in [1.165, 1.54) is 0 Å². The van der Waals surface area contributed by atoms with Crippen LogP contribution in [0, 0.1) is 0 Å². The molecule has 2 aliphatic rings. The van der Waals surface area contributed by atoms with Gasteiger partial charge in [0.15, 0.2) is 12.6 Å². The van der Waals surface area contributed by atoms with E-state index in [4.69, 9.17) is 27.9 Å². The Morgan fingerprint density at radius 3 is 1.74 bits per heavy atom. The molecule has 0 saturated carbocycles. The predicted molar refractivity (Wildman–Crippen MR) is 94.3 cm³/mol. The summed E-state index contributed by atoms with van der Waals surface area (Å²) in [7, 11) is -14.4. The Hall–Kier alpha value is -0.550. The zero-order valence-electron chi connectivity index (χ0n) is 15.6. The summed E-state index contributed by atoms with van der Waals surface area (Å²) in [4.78, 5) is 0. The monoisotopic (exact) mass is 518 g/mol. The van der Waals surface area contributed by atoms with Gasteiger partial charge in [-0.3, -0.25) is 13.7 Å². The molecule has 6 atom stereocenters. The normalized spacial score (nSPS) is 33.3. The summed E-state index contributed by atoms with van der Waals surface area (Å²) in [5, 5.41) is 9.79. The standard InChI is InChI=1S/C12H22O16S3/c13-11-9(27-30(17,18)19)3-1-7(25-11)5-23-12-10(28-31(20,21)22)4-2-8(26-12)6-24-29(14,15)16/h7-13H,1-6H2,(H,14,15,16)(H,17,18,19)(H,20,21,22)/t7?,8?,9?,10?,11-,12-/m0/s1. The van der Waals surface area contributed by atoms with Crippen molar-refractivity contribution in [2.45, 2.75) is 62.7 Å². The summed E-state index contributed by atoms with van der Waals surface area (Å²) in [5.74, 6) is 0. The fourth-order valence-corrected chi connectivity index (χ4v) is 4.26. The van der Waals surface area contributed by atoms with Gasteiger partial charge in [0, 0.05) is 0 Å². The van der Waals surface area contributed by atoms with Gasteiger partial charge >= 0.3 is 31.2 Å². The maximum absolute atomic E-state index is 11.0. The summed E-state index contributed by atoms with van der Waals surface area (Å²) >= 11 is 0. The molecule has 2 fully saturated rings. The third-order valence-corrected chi connectivity index (χ3v) is 5.58. The molecule has 0 aromatic heterocycles. The maximum Gasteiger partial charge on any atom is 0.397 e. The highest BCUT2D eigenvalue weighted by atomic mass is 32.3. The van der Waals surface area contributed by atoms with Crippen LogP contribution < -0.4 is 0 Å². The molecule has 0 aromatic carbocycles. The Morgan fingerprint density at radius 1 is 0.710 bits per heavy atom. The fourth-order valence-electron chi connectivity index (χ4n) is 2.93. The minimum absolute atomic E-state index is 0.0306. The Balaban J connectivity index is 1.94. The van der Waals surface area contributed by atoms with Gasteiger partial charge < -0.3 is 19.3 Å². The van der Waals surface area contributed by atoms with Crippen LogP contribution in [-0.4, -0.2) is 94.2 Å². The van der Waals surface area contributed by atoms with E-state index in [2.05, 4.69) is 12.5 Å². The van der Waals surface area contributed by atoms with Gasteiger partial charge in [0.25, 0.3) is 0 Å². The van der Waals surface area contributed by atoms with Gasteiger partial charge in [-0.15, -0.1) is 0 Å². The molecule has 16 nitrogen and oxygen atoms in total. The first-order valence-corrected chi connectivity index (χ1v) is 12.7. The molecule has 0 bridgehead atoms. The lowest BCUT2D eigenvalue weighted by atomic mass is 10.1. The molecule has 0 amide bonds. The van der Waals surface area contributed by atoms with Gasteiger partial charge in [-0.25, -0.2) is 12.5 Å². The number of aliphatic hydroxyl groups excluding tert-OH is 1. The largest absolute Gasteiger partial charge is 0.397 e. The Kier molecular flexibility index (Phi) is 9.12. The van der Waals surface area contributed by atoms with Gasteiger partial charge in [-0.1, -0.05) is 0 Å². The van der Waals surface area contributed by atoms with Crippen LogP contribution in [0.2, 0.25) is 0 Å². The Bertz CT molecular complexity index is 898. The second-order valence-electron chi connectivity index (χ2n) is 6.60. The quantitative estimate of drug-likeness (QED) is 0.233. The van der Waals surface area contributed by atoms with Crippen LogP contribution in [0.5, 0.6) is 0 Å². The first-order chi connectivity index (χ1) is 14.1. The van der Waals surface area contributed by atoms with Crippen molar-refractivity contribution >= 4 is 31.2 Å². The molecule has 184 valence electrons. The topological polar surface area (TPSA) is 239 Å². The van der Waals surface area contributed by atoms with Gasteiger partial charge in [0.2, 0.25) is 0 Å². The maximum atomic E-state index is 11.0. The molecule has 4 unspecified atom stereocenters. The number of rotatable bonds is 10. The predicted octanol–water partition coefficient (Wildman–Crippen LogP) is -1.80. The van der Waals surface area contributed by atoms with Crippen LogP contribution in [0.1, 0.15) is 25.7 Å². The van der Waals surface area contributed by atoms with Crippen molar-refractivity contribution in [3.05, 3.63) is 0 Å². The van der Waals surface area contributed by atoms with Crippen molar-refractivity contribution < 1.29 is 70.8 Å². The molecule has 19 heteroatoms. The fraction of sp³-hybridized carbons (Fsp3) is 1.00. The third-order valence-electron chi connectivity index (χ3n) is 4.17. The van der Waals surface area contributed by atoms with E-state index in [0.717, 1.165) is 0 Å². The lowest BCUT2D eigenvalue weighted by Crippen LogP contribution is -2.47. The highest BCUT2D eigenvalue weighted by Gasteiger charge is 2.38. The molecule has 0 spiro atoms. The summed E-state index contributed by atoms with van der Waals surface area (Å²) in [6.07, 6.45) is -7.60. The van der Waals surface area contributed by atoms with Crippen molar-refractivity contribution in [2.24, 2.45) is 0 Å². The van der Waals surface area contributed by atoms with Crippen LogP contribution in [0.3, 0.4) is 0 Å². The molecule has 2 saturated heterocycles. The highest BCUT2D eigenvalue weighted by molar-refractivity contribution is 7.81. The average Bonchev–Trinajstić information content (AvgIpc) is 2.59. The van der Waals surface area contributed by atoms with E-state index in [-0.39, 0.29) is 32.3 Å². The second-order valence-corrected chi connectivity index (χ2v) is 9.79. The van der Waals surface area contributed by atoms with Gasteiger partial charge in [0.05, 0.1) is 25.4 Å². The average molecular weight is 518 g/mol. The van der Waals surface area contributed by atoms with E-state index in [0.29, 0.717) is 0 Å². The van der Waals surface area contributed by atoms with Gasteiger partial charge in [-0.05, 0) is 25.7 Å². The van der Waals surface area contributed by atoms with Crippen LogP contribution >= 0.6 is 0 Å². The van der Waals surface area contributed by atoms with E-state index >= 15 is 0 Å². The molecule has 0 radical (unpaired) electrons. The second kappa shape index (κ2) is 10.6. The van der Waals surface area contributed by atoms with E-state index < -0.39 is 74.8 Å². The van der Waals surface area contributed by atoms with Crippen molar-refractivity contribution in [1.82, 2.24) is 0 Å². The van der Waals surface area contributed by atoms with E-state index in [1.54, 1.807) is 0 Å². The van der Waals surface area contributed by atoms with E-state index in [9.17, 15) is 30.4 Å². The van der Waals surface area contributed by atoms with Gasteiger partial charge in [-0.2, -0.15) is 25.3 Å². The molecule has 31 heavy (non-hydrogen) atoms. The molecule has 2 rings (SSSR count). The molecule has 2 heterocycles. The zero-order chi connectivity index (χ0) is 23.4. The van der Waals surface area contributed by atoms with Crippen molar-refractivity contribution in [3.63, 3.8) is 0 Å². The van der Waals surface area contributed by atoms with Crippen molar-refractivity contribution in [1.29, 1.82) is 0 Å².